The summed E-state index contributed by atoms with van der Waals surface area (Å²) in [7, 11) is 0. The van der Waals surface area contributed by atoms with Crippen molar-refractivity contribution >= 4 is 11.8 Å². The van der Waals surface area contributed by atoms with Gasteiger partial charge in [-0.25, -0.2) is 0 Å². The van der Waals surface area contributed by atoms with Gasteiger partial charge in [-0.1, -0.05) is 66.2 Å². The van der Waals surface area contributed by atoms with Gasteiger partial charge < -0.3 is 4.74 Å². The van der Waals surface area contributed by atoms with E-state index in [1.165, 1.54) is 0 Å². The standard InChI is InChI=1S/C25H22O3/c1-16-11-12-17(2)22(15-16)23(26)13-14-24(27)28-25-20-9-5-3-7-18(20)19-8-4-6-10-21(19)25/h3-12,15,25H,13-14H2,1-2H3. The smallest absolute Gasteiger partial charge is 0.307 e. The molecule has 0 N–H and O–H groups in total. The molecule has 1 aliphatic carbocycles. The number of hydrogen-bond donors (Lipinski definition) is 0. The van der Waals surface area contributed by atoms with E-state index >= 15 is 0 Å². The number of aryl methyl sites for hydroxylation is 2. The molecule has 0 atom stereocenters. The zero-order valence-corrected chi connectivity index (χ0v) is 16.1. The van der Waals surface area contributed by atoms with E-state index in [4.69, 9.17) is 4.74 Å². The van der Waals surface area contributed by atoms with Crippen LogP contribution in [0.1, 0.15) is 51.6 Å². The average Bonchev–Trinajstić information content (AvgIpc) is 3.02. The monoisotopic (exact) mass is 370 g/mol. The lowest BCUT2D eigenvalue weighted by atomic mass is 9.99. The topological polar surface area (TPSA) is 43.4 Å². The zero-order chi connectivity index (χ0) is 19.7. The fourth-order valence-electron chi connectivity index (χ4n) is 3.81. The Kier molecular flexibility index (Phi) is 4.82. The molecule has 3 nitrogen and oxygen atoms in total. The fraction of sp³-hybridized carbons (Fsp3) is 0.200. The van der Waals surface area contributed by atoms with Crippen molar-refractivity contribution in [1.29, 1.82) is 0 Å². The molecule has 0 radical (unpaired) electrons. The second-order valence-electron chi connectivity index (χ2n) is 7.29. The maximum Gasteiger partial charge on any atom is 0.307 e. The van der Waals surface area contributed by atoms with Crippen LogP contribution in [0.4, 0.5) is 0 Å². The van der Waals surface area contributed by atoms with Gasteiger partial charge in [-0.15, -0.1) is 0 Å². The summed E-state index contributed by atoms with van der Waals surface area (Å²) in [5, 5.41) is 0. The maximum absolute atomic E-state index is 12.5. The molecule has 0 spiro atoms. The van der Waals surface area contributed by atoms with Gasteiger partial charge in [0.1, 0.15) is 0 Å². The van der Waals surface area contributed by atoms with Crippen LogP contribution >= 0.6 is 0 Å². The minimum atomic E-state index is -0.407. The van der Waals surface area contributed by atoms with Gasteiger partial charge in [0.05, 0.1) is 6.42 Å². The SMILES string of the molecule is Cc1ccc(C)c(C(=O)CCC(=O)OC2c3ccccc3-c3ccccc32)c1. The second kappa shape index (κ2) is 7.43. The number of rotatable bonds is 5. The molecular formula is C25H22O3. The van der Waals surface area contributed by atoms with Crippen molar-refractivity contribution in [2.75, 3.05) is 0 Å². The lowest BCUT2D eigenvalue weighted by Gasteiger charge is -2.15. The number of benzene rings is 3. The van der Waals surface area contributed by atoms with Crippen molar-refractivity contribution in [2.24, 2.45) is 0 Å². The quantitative estimate of drug-likeness (QED) is 0.435. The van der Waals surface area contributed by atoms with Crippen LogP contribution in [0.3, 0.4) is 0 Å². The van der Waals surface area contributed by atoms with Crippen molar-refractivity contribution < 1.29 is 14.3 Å². The Hall–Kier alpha value is -3.20. The zero-order valence-electron chi connectivity index (χ0n) is 16.1. The second-order valence-corrected chi connectivity index (χ2v) is 7.29. The van der Waals surface area contributed by atoms with Crippen molar-refractivity contribution in [3.05, 3.63) is 94.5 Å². The summed E-state index contributed by atoms with van der Waals surface area (Å²) in [6.07, 6.45) is -0.178. The van der Waals surface area contributed by atoms with Crippen LogP contribution in [0.5, 0.6) is 0 Å². The van der Waals surface area contributed by atoms with Crippen LogP contribution in [0.25, 0.3) is 11.1 Å². The summed E-state index contributed by atoms with van der Waals surface area (Å²) in [6.45, 7) is 3.87. The van der Waals surface area contributed by atoms with Crippen molar-refractivity contribution in [3.8, 4) is 11.1 Å². The van der Waals surface area contributed by atoms with E-state index < -0.39 is 6.10 Å². The van der Waals surface area contributed by atoms with Crippen LogP contribution in [-0.4, -0.2) is 11.8 Å². The van der Waals surface area contributed by atoms with E-state index in [1.54, 1.807) is 0 Å². The molecule has 3 aromatic carbocycles. The molecule has 28 heavy (non-hydrogen) atoms. The molecular weight excluding hydrogens is 348 g/mol. The molecule has 0 aliphatic heterocycles. The predicted molar refractivity (Wildman–Crippen MR) is 109 cm³/mol. The third kappa shape index (κ3) is 3.36. The number of hydrogen-bond acceptors (Lipinski definition) is 3. The van der Waals surface area contributed by atoms with Gasteiger partial charge in [-0.2, -0.15) is 0 Å². The number of carbonyl (C=O) groups excluding carboxylic acids is 2. The van der Waals surface area contributed by atoms with Crippen LogP contribution in [0, 0.1) is 13.8 Å². The van der Waals surface area contributed by atoms with Gasteiger partial charge in [0.2, 0.25) is 0 Å². The van der Waals surface area contributed by atoms with Gasteiger partial charge in [0.25, 0.3) is 0 Å². The summed E-state index contributed by atoms with van der Waals surface area (Å²) in [6, 6.07) is 21.8. The van der Waals surface area contributed by atoms with E-state index in [1.807, 2.05) is 80.6 Å². The van der Waals surface area contributed by atoms with E-state index in [-0.39, 0.29) is 24.6 Å². The number of fused-ring (bicyclic) bond motifs is 3. The molecule has 4 rings (SSSR count). The normalized spacial score (nSPS) is 12.4. The predicted octanol–water partition coefficient (Wildman–Crippen LogP) is 5.58. The van der Waals surface area contributed by atoms with E-state index in [2.05, 4.69) is 0 Å². The molecule has 0 saturated carbocycles. The highest BCUT2D eigenvalue weighted by atomic mass is 16.5. The summed E-state index contributed by atoms with van der Waals surface area (Å²) in [4.78, 5) is 25.1. The minimum Gasteiger partial charge on any atom is -0.452 e. The van der Waals surface area contributed by atoms with Gasteiger partial charge in [0, 0.05) is 23.1 Å². The molecule has 3 aromatic rings. The van der Waals surface area contributed by atoms with Crippen LogP contribution in [0.15, 0.2) is 66.7 Å². The molecule has 0 bridgehead atoms. The largest absolute Gasteiger partial charge is 0.452 e. The third-order valence-corrected chi connectivity index (χ3v) is 5.28. The first-order valence-electron chi connectivity index (χ1n) is 9.53. The molecule has 0 saturated heterocycles. The number of carbonyl (C=O) groups is 2. The molecule has 1 aliphatic rings. The van der Waals surface area contributed by atoms with E-state index in [0.29, 0.717) is 5.56 Å². The Balaban J connectivity index is 1.47. The van der Waals surface area contributed by atoms with Crippen molar-refractivity contribution in [1.82, 2.24) is 0 Å². The Morgan fingerprint density at radius 1 is 0.821 bits per heavy atom. The van der Waals surface area contributed by atoms with Gasteiger partial charge in [-0.3, -0.25) is 9.59 Å². The summed E-state index contributed by atoms with van der Waals surface area (Å²) in [5.74, 6) is -0.375. The summed E-state index contributed by atoms with van der Waals surface area (Å²) in [5.41, 5.74) is 6.85. The van der Waals surface area contributed by atoms with Crippen LogP contribution in [0.2, 0.25) is 0 Å². The number of esters is 1. The highest BCUT2D eigenvalue weighted by Gasteiger charge is 2.31. The first-order valence-corrected chi connectivity index (χ1v) is 9.53. The number of ether oxygens (including phenoxy) is 1. The van der Waals surface area contributed by atoms with Gasteiger partial charge in [0.15, 0.2) is 11.9 Å². The lowest BCUT2D eigenvalue weighted by Crippen LogP contribution is -2.13. The first-order chi connectivity index (χ1) is 13.5. The lowest BCUT2D eigenvalue weighted by molar-refractivity contribution is -0.147. The maximum atomic E-state index is 12.5. The molecule has 140 valence electrons. The van der Waals surface area contributed by atoms with Crippen LogP contribution < -0.4 is 0 Å². The van der Waals surface area contributed by atoms with Gasteiger partial charge >= 0.3 is 5.97 Å². The molecule has 0 heterocycles. The molecule has 0 amide bonds. The fourth-order valence-corrected chi connectivity index (χ4v) is 3.81. The highest BCUT2D eigenvalue weighted by Crippen LogP contribution is 2.45. The van der Waals surface area contributed by atoms with Crippen molar-refractivity contribution in [2.45, 2.75) is 32.8 Å². The molecule has 3 heteroatoms. The van der Waals surface area contributed by atoms with E-state index in [9.17, 15) is 9.59 Å². The third-order valence-electron chi connectivity index (χ3n) is 5.28. The Bertz CT molecular complexity index is 1020. The number of ketones is 1. The Labute approximate surface area is 165 Å². The average molecular weight is 370 g/mol. The van der Waals surface area contributed by atoms with Crippen molar-refractivity contribution in [3.63, 3.8) is 0 Å². The molecule has 0 fully saturated rings. The Morgan fingerprint density at radius 3 is 2.07 bits per heavy atom. The summed E-state index contributed by atoms with van der Waals surface area (Å²) >= 11 is 0. The first kappa shape index (κ1) is 18.2. The van der Waals surface area contributed by atoms with Gasteiger partial charge in [-0.05, 0) is 36.6 Å². The minimum absolute atomic E-state index is 0.0228. The number of Topliss-reactive ketones (excluding diaryl/α,β-unsaturated/α-hetero) is 1. The van der Waals surface area contributed by atoms with E-state index in [0.717, 1.165) is 33.4 Å². The molecule has 0 aromatic heterocycles. The summed E-state index contributed by atoms with van der Waals surface area (Å²) < 4.78 is 5.81. The van der Waals surface area contributed by atoms with Crippen LogP contribution in [-0.2, 0) is 9.53 Å². The Morgan fingerprint density at radius 2 is 1.43 bits per heavy atom. The molecule has 0 unspecified atom stereocenters. The highest BCUT2D eigenvalue weighted by molar-refractivity contribution is 5.99.